The third-order valence-corrected chi connectivity index (χ3v) is 4.12. The number of hydrogen-bond acceptors (Lipinski definition) is 3. The van der Waals surface area contributed by atoms with Gasteiger partial charge < -0.3 is 10.9 Å². The van der Waals surface area contributed by atoms with Gasteiger partial charge in [-0.3, -0.25) is 0 Å². The first-order valence-electron chi connectivity index (χ1n) is 6.37. The van der Waals surface area contributed by atoms with Gasteiger partial charge in [-0.05, 0) is 37.1 Å². The predicted octanol–water partition coefficient (Wildman–Crippen LogP) is 3.69. The fourth-order valence-electron chi connectivity index (χ4n) is 1.98. The van der Waals surface area contributed by atoms with Crippen molar-refractivity contribution in [2.24, 2.45) is 10.9 Å². The molecule has 2 aromatic carbocycles. The number of nitrogens with two attached hydrogens (primary N) is 1. The summed E-state index contributed by atoms with van der Waals surface area (Å²) >= 11 is 1.69. The second-order valence-corrected chi connectivity index (χ2v) is 5.78. The minimum atomic E-state index is 0.150. The Hall–Kier alpha value is -1.94. The molecule has 0 spiro atoms. The van der Waals surface area contributed by atoms with E-state index in [1.165, 1.54) is 11.1 Å². The summed E-state index contributed by atoms with van der Waals surface area (Å²) in [5.74, 6) is 1.01. The van der Waals surface area contributed by atoms with Crippen LogP contribution in [0.1, 0.15) is 22.3 Å². The number of nitrogens with zero attached hydrogens (tertiary/aromatic N) is 1. The molecule has 0 aliphatic heterocycles. The first-order valence-corrected chi connectivity index (χ1v) is 7.35. The van der Waals surface area contributed by atoms with E-state index in [4.69, 9.17) is 10.9 Å². The van der Waals surface area contributed by atoms with Crippen LogP contribution in [0.25, 0.3) is 0 Å². The van der Waals surface area contributed by atoms with Gasteiger partial charge in [-0.15, -0.1) is 11.8 Å². The van der Waals surface area contributed by atoms with E-state index < -0.39 is 0 Å². The van der Waals surface area contributed by atoms with Crippen LogP contribution in [0.2, 0.25) is 0 Å². The molecular weight excluding hydrogens is 268 g/mol. The van der Waals surface area contributed by atoms with E-state index in [2.05, 4.69) is 42.4 Å². The minimum Gasteiger partial charge on any atom is -0.409 e. The second kappa shape index (κ2) is 6.48. The van der Waals surface area contributed by atoms with Crippen molar-refractivity contribution in [1.29, 1.82) is 0 Å². The Kier molecular flexibility index (Phi) is 4.69. The van der Waals surface area contributed by atoms with Gasteiger partial charge >= 0.3 is 0 Å². The molecule has 0 saturated carbocycles. The molecule has 0 saturated heterocycles. The van der Waals surface area contributed by atoms with Crippen LogP contribution in [0, 0.1) is 13.8 Å². The summed E-state index contributed by atoms with van der Waals surface area (Å²) in [6.07, 6.45) is 0. The lowest BCUT2D eigenvalue weighted by molar-refractivity contribution is 0.318. The normalized spacial score (nSPS) is 11.6. The summed E-state index contributed by atoms with van der Waals surface area (Å²) in [6, 6.07) is 14.3. The number of amidine groups is 1. The van der Waals surface area contributed by atoms with Gasteiger partial charge in [0, 0.05) is 16.2 Å². The molecule has 0 aliphatic rings. The quantitative estimate of drug-likeness (QED) is 0.296. The van der Waals surface area contributed by atoms with Gasteiger partial charge in [-0.25, -0.2) is 0 Å². The lowest BCUT2D eigenvalue weighted by Gasteiger charge is -2.09. The van der Waals surface area contributed by atoms with Gasteiger partial charge in [-0.2, -0.15) is 0 Å². The molecule has 0 unspecified atom stereocenters. The molecule has 0 bridgehead atoms. The molecule has 4 heteroatoms. The SMILES string of the molecule is Cc1cccc(CSc2cc(C)ccc2C(N)=NO)c1. The number of hydrogen-bond donors (Lipinski definition) is 2. The monoisotopic (exact) mass is 286 g/mol. The van der Waals surface area contributed by atoms with Crippen LogP contribution in [0.4, 0.5) is 0 Å². The van der Waals surface area contributed by atoms with E-state index in [1.54, 1.807) is 11.8 Å². The Labute approximate surface area is 123 Å². The average Bonchev–Trinajstić information content (AvgIpc) is 2.44. The second-order valence-electron chi connectivity index (χ2n) is 4.76. The zero-order valence-corrected chi connectivity index (χ0v) is 12.4. The molecule has 0 amide bonds. The van der Waals surface area contributed by atoms with Crippen molar-refractivity contribution in [2.45, 2.75) is 24.5 Å². The number of benzene rings is 2. The fourth-order valence-corrected chi connectivity index (χ4v) is 3.08. The standard InChI is InChI=1S/C16H18N2OS/c1-11-4-3-5-13(8-11)10-20-15-9-12(2)6-7-14(15)16(17)18-19/h3-9,19H,10H2,1-2H3,(H2,17,18). The average molecular weight is 286 g/mol. The molecule has 0 fully saturated rings. The maximum atomic E-state index is 8.86. The summed E-state index contributed by atoms with van der Waals surface area (Å²) in [4.78, 5) is 1.03. The Morgan fingerprint density at radius 2 is 1.90 bits per heavy atom. The van der Waals surface area contributed by atoms with Crippen molar-refractivity contribution in [2.75, 3.05) is 0 Å². The van der Waals surface area contributed by atoms with Gasteiger partial charge in [0.05, 0.1) is 0 Å². The molecule has 3 nitrogen and oxygen atoms in total. The molecule has 20 heavy (non-hydrogen) atoms. The lowest BCUT2D eigenvalue weighted by Crippen LogP contribution is -2.14. The highest BCUT2D eigenvalue weighted by molar-refractivity contribution is 7.98. The molecule has 0 heterocycles. The molecule has 0 aliphatic carbocycles. The van der Waals surface area contributed by atoms with E-state index in [1.807, 2.05) is 19.1 Å². The Balaban J connectivity index is 2.22. The summed E-state index contributed by atoms with van der Waals surface area (Å²) in [5, 5.41) is 12.0. The maximum absolute atomic E-state index is 8.86. The van der Waals surface area contributed by atoms with E-state index >= 15 is 0 Å². The van der Waals surface area contributed by atoms with Crippen LogP contribution in [0.3, 0.4) is 0 Å². The van der Waals surface area contributed by atoms with Gasteiger partial charge in [0.2, 0.25) is 0 Å². The highest BCUT2D eigenvalue weighted by Crippen LogP contribution is 2.27. The maximum Gasteiger partial charge on any atom is 0.171 e. The van der Waals surface area contributed by atoms with E-state index in [9.17, 15) is 0 Å². The third kappa shape index (κ3) is 3.54. The van der Waals surface area contributed by atoms with Crippen LogP contribution in [-0.2, 0) is 5.75 Å². The first-order chi connectivity index (χ1) is 9.60. The molecule has 2 rings (SSSR count). The summed E-state index contributed by atoms with van der Waals surface area (Å²) < 4.78 is 0. The van der Waals surface area contributed by atoms with Crippen LogP contribution in [-0.4, -0.2) is 11.0 Å². The van der Waals surface area contributed by atoms with Crippen LogP contribution in [0.5, 0.6) is 0 Å². The molecule has 0 atom stereocenters. The molecule has 104 valence electrons. The van der Waals surface area contributed by atoms with Crippen molar-refractivity contribution in [3.63, 3.8) is 0 Å². The molecule has 3 N–H and O–H groups in total. The highest BCUT2D eigenvalue weighted by Gasteiger charge is 2.08. The van der Waals surface area contributed by atoms with E-state index in [-0.39, 0.29) is 5.84 Å². The summed E-state index contributed by atoms with van der Waals surface area (Å²) in [6.45, 7) is 4.12. The molecular formula is C16H18N2OS. The van der Waals surface area contributed by atoms with Crippen molar-refractivity contribution in [3.8, 4) is 0 Å². The van der Waals surface area contributed by atoms with Crippen molar-refractivity contribution in [1.82, 2.24) is 0 Å². The van der Waals surface area contributed by atoms with Gasteiger partial charge in [0.1, 0.15) is 0 Å². The lowest BCUT2D eigenvalue weighted by atomic mass is 10.1. The molecule has 0 radical (unpaired) electrons. The first kappa shape index (κ1) is 14.5. The Morgan fingerprint density at radius 3 is 2.60 bits per heavy atom. The number of aryl methyl sites for hydroxylation is 2. The summed E-state index contributed by atoms with van der Waals surface area (Å²) in [7, 11) is 0. The van der Waals surface area contributed by atoms with Crippen molar-refractivity contribution >= 4 is 17.6 Å². The third-order valence-electron chi connectivity index (χ3n) is 3.00. The Morgan fingerprint density at radius 1 is 1.15 bits per heavy atom. The minimum absolute atomic E-state index is 0.150. The highest BCUT2D eigenvalue weighted by atomic mass is 32.2. The zero-order valence-electron chi connectivity index (χ0n) is 11.6. The van der Waals surface area contributed by atoms with E-state index in [0.29, 0.717) is 0 Å². The smallest absolute Gasteiger partial charge is 0.171 e. The number of thioether (sulfide) groups is 1. The number of rotatable bonds is 4. The number of oxime groups is 1. The van der Waals surface area contributed by atoms with Crippen molar-refractivity contribution in [3.05, 3.63) is 64.7 Å². The van der Waals surface area contributed by atoms with E-state index in [0.717, 1.165) is 21.8 Å². The van der Waals surface area contributed by atoms with Crippen LogP contribution in [0.15, 0.2) is 52.5 Å². The Bertz CT molecular complexity index is 638. The molecule has 0 aromatic heterocycles. The van der Waals surface area contributed by atoms with Gasteiger partial charge in [-0.1, -0.05) is 41.1 Å². The van der Waals surface area contributed by atoms with Crippen LogP contribution >= 0.6 is 11.8 Å². The fraction of sp³-hybridized carbons (Fsp3) is 0.188. The topological polar surface area (TPSA) is 58.6 Å². The van der Waals surface area contributed by atoms with Crippen LogP contribution < -0.4 is 5.73 Å². The molecule has 2 aromatic rings. The largest absolute Gasteiger partial charge is 0.409 e. The zero-order chi connectivity index (χ0) is 14.5. The predicted molar refractivity (Wildman–Crippen MR) is 84.4 cm³/mol. The summed E-state index contributed by atoms with van der Waals surface area (Å²) in [5.41, 5.74) is 10.2. The van der Waals surface area contributed by atoms with Gasteiger partial charge in [0.25, 0.3) is 0 Å². The van der Waals surface area contributed by atoms with Gasteiger partial charge in [0.15, 0.2) is 5.84 Å². The van der Waals surface area contributed by atoms with Crippen molar-refractivity contribution < 1.29 is 5.21 Å².